The fraction of sp³-hybridized carbons (Fsp3) is 0.357. The zero-order valence-electron chi connectivity index (χ0n) is 13.2. The lowest BCUT2D eigenvalue weighted by atomic mass is 10.2. The van der Waals surface area contributed by atoms with Crippen LogP contribution in [0.15, 0.2) is 22.7 Å². The normalized spacial score (nSPS) is 11.5. The number of halogens is 1. The van der Waals surface area contributed by atoms with Gasteiger partial charge >= 0.3 is 12.0 Å². The number of carbonyl (C=O) groups is 3. The van der Waals surface area contributed by atoms with Crippen molar-refractivity contribution in [3.05, 3.63) is 38.3 Å². The second-order valence-corrected chi connectivity index (χ2v) is 5.94. The van der Waals surface area contributed by atoms with Crippen LogP contribution in [0.4, 0.5) is 10.5 Å². The maximum Gasteiger partial charge on any atom is 0.339 e. The Morgan fingerprint density at radius 3 is 2.42 bits per heavy atom. The summed E-state index contributed by atoms with van der Waals surface area (Å²) in [5.41, 5.74) is -0.394. The molecule has 0 radical (unpaired) electrons. The molecule has 0 fully saturated rings. The maximum absolute atomic E-state index is 12.0. The SMILES string of the molecule is CC(C)NC(=O)NC(=O)[C@@H](C)OC(=O)c1ccc(Br)c([N+](=O)[O-])c1. The average molecular weight is 402 g/mol. The van der Waals surface area contributed by atoms with E-state index in [-0.39, 0.29) is 21.8 Å². The summed E-state index contributed by atoms with van der Waals surface area (Å²) in [4.78, 5) is 45.3. The molecule has 0 bridgehead atoms. The first-order valence-electron chi connectivity index (χ1n) is 6.88. The lowest BCUT2D eigenvalue weighted by Gasteiger charge is -2.14. The smallest absolute Gasteiger partial charge is 0.339 e. The number of nitro benzene ring substituents is 1. The van der Waals surface area contributed by atoms with Crippen LogP contribution < -0.4 is 10.6 Å². The zero-order chi connectivity index (χ0) is 18.4. The van der Waals surface area contributed by atoms with Gasteiger partial charge in [-0.3, -0.25) is 20.2 Å². The predicted octanol–water partition coefficient (Wildman–Crippen LogP) is 2.14. The number of carbonyl (C=O) groups excluding carboxylic acids is 3. The molecule has 0 aliphatic heterocycles. The quantitative estimate of drug-likeness (QED) is 0.441. The van der Waals surface area contributed by atoms with E-state index in [4.69, 9.17) is 4.74 Å². The van der Waals surface area contributed by atoms with Gasteiger partial charge in [0.25, 0.3) is 11.6 Å². The second-order valence-electron chi connectivity index (χ2n) is 5.09. The van der Waals surface area contributed by atoms with E-state index in [1.54, 1.807) is 13.8 Å². The molecule has 0 aliphatic rings. The number of ether oxygens (including phenoxy) is 1. The topological polar surface area (TPSA) is 128 Å². The van der Waals surface area contributed by atoms with Crippen LogP contribution in [0, 0.1) is 10.1 Å². The third-order valence-corrected chi connectivity index (χ3v) is 3.36. The van der Waals surface area contributed by atoms with Crippen molar-refractivity contribution in [3.8, 4) is 0 Å². The van der Waals surface area contributed by atoms with E-state index >= 15 is 0 Å². The minimum Gasteiger partial charge on any atom is -0.449 e. The van der Waals surface area contributed by atoms with E-state index in [1.807, 2.05) is 5.32 Å². The van der Waals surface area contributed by atoms with Gasteiger partial charge in [-0.1, -0.05) is 0 Å². The number of esters is 1. The first kappa shape index (κ1) is 19.6. The van der Waals surface area contributed by atoms with Crippen molar-refractivity contribution < 1.29 is 24.0 Å². The number of nitrogens with zero attached hydrogens (tertiary/aromatic N) is 1. The number of imide groups is 1. The standard InChI is InChI=1S/C14H16BrN3O6/c1-7(2)16-14(21)17-12(19)8(3)24-13(20)9-4-5-10(15)11(6-9)18(22)23/h4-8H,1-3H3,(H2,16,17,19,21)/t8-/m1/s1. The van der Waals surface area contributed by atoms with E-state index in [9.17, 15) is 24.5 Å². The molecule has 1 aromatic rings. The maximum atomic E-state index is 12.0. The molecular formula is C14H16BrN3O6. The van der Waals surface area contributed by atoms with Gasteiger partial charge in [-0.25, -0.2) is 9.59 Å². The molecule has 1 rings (SSSR count). The molecule has 0 saturated carbocycles. The number of hydrogen-bond donors (Lipinski definition) is 2. The number of nitro groups is 1. The minimum absolute atomic E-state index is 0.0869. The molecule has 1 aromatic carbocycles. The van der Waals surface area contributed by atoms with Gasteiger partial charge in [0.1, 0.15) is 0 Å². The summed E-state index contributed by atoms with van der Waals surface area (Å²) in [5, 5.41) is 15.3. The number of amides is 3. The minimum atomic E-state index is -1.25. The van der Waals surface area contributed by atoms with Gasteiger partial charge in [-0.15, -0.1) is 0 Å². The van der Waals surface area contributed by atoms with Gasteiger partial charge in [0, 0.05) is 12.1 Å². The molecule has 9 nitrogen and oxygen atoms in total. The summed E-state index contributed by atoms with van der Waals surface area (Å²) in [6, 6.07) is 2.80. The van der Waals surface area contributed by atoms with Crippen LogP contribution in [-0.4, -0.2) is 35.0 Å². The molecule has 1 atom stereocenters. The molecule has 0 spiro atoms. The van der Waals surface area contributed by atoms with Gasteiger partial charge in [0.15, 0.2) is 6.10 Å². The largest absolute Gasteiger partial charge is 0.449 e. The molecule has 3 amide bonds. The third-order valence-electron chi connectivity index (χ3n) is 2.69. The van der Waals surface area contributed by atoms with Crippen LogP contribution >= 0.6 is 15.9 Å². The molecule has 0 aliphatic carbocycles. The van der Waals surface area contributed by atoms with E-state index < -0.39 is 28.9 Å². The van der Waals surface area contributed by atoms with Crippen molar-refractivity contribution in [2.45, 2.75) is 32.9 Å². The highest BCUT2D eigenvalue weighted by Gasteiger charge is 2.23. The van der Waals surface area contributed by atoms with Crippen LogP contribution in [0.2, 0.25) is 0 Å². The molecule has 0 unspecified atom stereocenters. The highest BCUT2D eigenvalue weighted by molar-refractivity contribution is 9.10. The Bertz CT molecular complexity index is 676. The molecule has 0 aromatic heterocycles. The molecular weight excluding hydrogens is 386 g/mol. The van der Waals surface area contributed by atoms with Gasteiger partial charge in [0.2, 0.25) is 0 Å². The Morgan fingerprint density at radius 2 is 1.88 bits per heavy atom. The van der Waals surface area contributed by atoms with Crippen LogP contribution in [0.3, 0.4) is 0 Å². The lowest BCUT2D eigenvalue weighted by molar-refractivity contribution is -0.385. The highest BCUT2D eigenvalue weighted by Crippen LogP contribution is 2.26. The molecule has 10 heteroatoms. The fourth-order valence-electron chi connectivity index (χ4n) is 1.57. The van der Waals surface area contributed by atoms with Gasteiger partial charge in [-0.2, -0.15) is 0 Å². The summed E-state index contributed by atoms with van der Waals surface area (Å²) >= 11 is 3.00. The highest BCUT2D eigenvalue weighted by atomic mass is 79.9. The van der Waals surface area contributed by atoms with Crippen LogP contribution in [0.25, 0.3) is 0 Å². The Kier molecular flexibility index (Phi) is 6.83. The first-order valence-corrected chi connectivity index (χ1v) is 7.67. The van der Waals surface area contributed by atoms with Crippen molar-refractivity contribution in [1.82, 2.24) is 10.6 Å². The van der Waals surface area contributed by atoms with Crippen molar-refractivity contribution in [1.29, 1.82) is 0 Å². The monoisotopic (exact) mass is 401 g/mol. The molecule has 0 saturated heterocycles. The molecule has 24 heavy (non-hydrogen) atoms. The fourth-order valence-corrected chi connectivity index (χ4v) is 1.96. The van der Waals surface area contributed by atoms with E-state index in [0.717, 1.165) is 6.07 Å². The van der Waals surface area contributed by atoms with Crippen LogP contribution in [0.1, 0.15) is 31.1 Å². The predicted molar refractivity (Wildman–Crippen MR) is 87.5 cm³/mol. The second kappa shape index (κ2) is 8.39. The summed E-state index contributed by atoms with van der Waals surface area (Å²) < 4.78 is 5.12. The summed E-state index contributed by atoms with van der Waals surface area (Å²) in [7, 11) is 0. The van der Waals surface area contributed by atoms with Crippen molar-refractivity contribution in [3.63, 3.8) is 0 Å². The van der Waals surface area contributed by atoms with E-state index in [2.05, 4.69) is 21.2 Å². The first-order chi connectivity index (χ1) is 11.1. The Balaban J connectivity index is 2.73. The number of benzene rings is 1. The number of urea groups is 1. The van der Waals surface area contributed by atoms with Crippen molar-refractivity contribution >= 4 is 39.5 Å². The number of nitrogens with one attached hydrogen (secondary N) is 2. The van der Waals surface area contributed by atoms with Crippen molar-refractivity contribution in [2.24, 2.45) is 0 Å². The van der Waals surface area contributed by atoms with Gasteiger partial charge in [-0.05, 0) is 48.8 Å². The number of rotatable bonds is 5. The Hall–Kier alpha value is -2.49. The third kappa shape index (κ3) is 5.61. The van der Waals surface area contributed by atoms with E-state index in [1.165, 1.54) is 19.1 Å². The van der Waals surface area contributed by atoms with E-state index in [0.29, 0.717) is 0 Å². The summed E-state index contributed by atoms with van der Waals surface area (Å²) in [6.07, 6.45) is -1.25. The molecule has 2 N–H and O–H groups in total. The van der Waals surface area contributed by atoms with Gasteiger partial charge in [0.05, 0.1) is 15.0 Å². The molecule has 130 valence electrons. The average Bonchev–Trinajstić information content (AvgIpc) is 2.45. The Morgan fingerprint density at radius 1 is 1.25 bits per heavy atom. The molecule has 0 heterocycles. The zero-order valence-corrected chi connectivity index (χ0v) is 14.7. The van der Waals surface area contributed by atoms with Gasteiger partial charge < -0.3 is 10.1 Å². The number of hydrogen-bond acceptors (Lipinski definition) is 6. The van der Waals surface area contributed by atoms with Crippen LogP contribution in [0.5, 0.6) is 0 Å². The lowest BCUT2D eigenvalue weighted by Crippen LogP contribution is -2.46. The Labute approximate surface area is 146 Å². The summed E-state index contributed by atoms with van der Waals surface area (Å²) in [6.45, 7) is 4.71. The van der Waals surface area contributed by atoms with Crippen LogP contribution in [-0.2, 0) is 9.53 Å². The summed E-state index contributed by atoms with van der Waals surface area (Å²) in [5.74, 6) is -1.73. The van der Waals surface area contributed by atoms with Crippen molar-refractivity contribution in [2.75, 3.05) is 0 Å².